The van der Waals surface area contributed by atoms with Gasteiger partial charge < -0.3 is 15.4 Å². The van der Waals surface area contributed by atoms with E-state index in [1.807, 2.05) is 19.9 Å². The number of sulfonamides is 1. The molecular formula is C27H37FN6O4S. The van der Waals surface area contributed by atoms with Crippen molar-refractivity contribution in [3.05, 3.63) is 59.7 Å². The highest BCUT2D eigenvalue weighted by molar-refractivity contribution is 7.89. The largest absolute Gasteiger partial charge is 0.495 e. The van der Waals surface area contributed by atoms with Crippen LogP contribution in [-0.4, -0.2) is 68.0 Å². The van der Waals surface area contributed by atoms with Crippen LogP contribution >= 0.6 is 0 Å². The Labute approximate surface area is 229 Å². The SMILES string of the molecule is CC=C(Nc1ccc(F)c([C@@](C)(NC(=N)N(C)C=O)[C@@]2(C)CCN(S(=O)(=O)CC)C2)c1)c1ccc(OC)cn1. The van der Waals surface area contributed by atoms with Crippen LogP contribution in [0.4, 0.5) is 10.1 Å². The van der Waals surface area contributed by atoms with Crippen LogP contribution in [0.1, 0.15) is 45.4 Å². The zero-order chi connectivity index (χ0) is 29.0. The van der Waals surface area contributed by atoms with Gasteiger partial charge in [0.2, 0.25) is 16.4 Å². The predicted molar refractivity (Wildman–Crippen MR) is 150 cm³/mol. The summed E-state index contributed by atoms with van der Waals surface area (Å²) in [6.07, 6.45) is 4.34. The molecule has 39 heavy (non-hydrogen) atoms. The number of pyridine rings is 1. The van der Waals surface area contributed by atoms with Crippen LogP contribution in [-0.2, 0) is 20.4 Å². The summed E-state index contributed by atoms with van der Waals surface area (Å²) in [6.45, 7) is 7.44. The topological polar surface area (TPSA) is 128 Å². The summed E-state index contributed by atoms with van der Waals surface area (Å²) in [5.41, 5.74) is 0.0441. The molecule has 0 radical (unpaired) electrons. The molecule has 0 unspecified atom stereocenters. The fourth-order valence-electron chi connectivity index (χ4n) is 4.75. The summed E-state index contributed by atoms with van der Waals surface area (Å²) in [6, 6.07) is 8.16. The van der Waals surface area contributed by atoms with Crippen LogP contribution in [0.3, 0.4) is 0 Å². The van der Waals surface area contributed by atoms with Crippen molar-refractivity contribution in [2.24, 2.45) is 5.41 Å². The fraction of sp³-hybridized carbons (Fsp3) is 0.444. The Morgan fingerprint density at radius 2 is 2.08 bits per heavy atom. The molecule has 212 valence electrons. The van der Waals surface area contributed by atoms with Crippen molar-refractivity contribution in [3.8, 4) is 5.75 Å². The van der Waals surface area contributed by atoms with Gasteiger partial charge in [-0.15, -0.1) is 0 Å². The Bertz CT molecular complexity index is 1350. The Kier molecular flexibility index (Phi) is 9.01. The quantitative estimate of drug-likeness (QED) is 0.230. The average Bonchev–Trinajstić information content (AvgIpc) is 3.36. The van der Waals surface area contributed by atoms with E-state index in [1.165, 1.54) is 17.4 Å². The van der Waals surface area contributed by atoms with Crippen molar-refractivity contribution in [2.45, 2.75) is 39.7 Å². The van der Waals surface area contributed by atoms with Crippen LogP contribution in [0.25, 0.3) is 5.70 Å². The van der Waals surface area contributed by atoms with Crippen LogP contribution in [0.15, 0.2) is 42.6 Å². The van der Waals surface area contributed by atoms with Crippen molar-refractivity contribution in [3.63, 3.8) is 0 Å². The smallest absolute Gasteiger partial charge is 0.216 e. The lowest BCUT2D eigenvalue weighted by atomic mass is 9.67. The third-order valence-corrected chi connectivity index (χ3v) is 9.43. The fourth-order valence-corrected chi connectivity index (χ4v) is 5.97. The number of rotatable bonds is 10. The van der Waals surface area contributed by atoms with Crippen molar-refractivity contribution in [1.29, 1.82) is 5.41 Å². The number of nitrogens with zero attached hydrogens (tertiary/aromatic N) is 3. The molecule has 0 aliphatic carbocycles. The number of carbonyl (C=O) groups is 1. The number of guanidine groups is 1. The van der Waals surface area contributed by atoms with Gasteiger partial charge in [-0.3, -0.25) is 20.1 Å². The van der Waals surface area contributed by atoms with Gasteiger partial charge in [0.1, 0.15) is 11.6 Å². The molecule has 2 aromatic rings. The minimum absolute atomic E-state index is 0.0454. The van der Waals surface area contributed by atoms with Gasteiger partial charge in [-0.1, -0.05) is 13.0 Å². The van der Waals surface area contributed by atoms with E-state index in [0.717, 1.165) is 4.90 Å². The molecule has 0 spiro atoms. The van der Waals surface area contributed by atoms with Crippen molar-refractivity contribution < 1.29 is 22.3 Å². The molecule has 1 aromatic carbocycles. The van der Waals surface area contributed by atoms with E-state index in [2.05, 4.69) is 15.6 Å². The molecule has 1 saturated heterocycles. The number of carbonyl (C=O) groups excluding carboxylic acids is 1. The highest BCUT2D eigenvalue weighted by Gasteiger charge is 2.53. The third-order valence-electron chi connectivity index (χ3n) is 7.60. The highest BCUT2D eigenvalue weighted by atomic mass is 32.2. The minimum atomic E-state index is -3.48. The molecule has 0 bridgehead atoms. The lowest BCUT2D eigenvalue weighted by Gasteiger charge is -2.46. The molecule has 1 aliphatic rings. The van der Waals surface area contributed by atoms with Crippen molar-refractivity contribution in [1.82, 2.24) is 19.5 Å². The van der Waals surface area contributed by atoms with Crippen molar-refractivity contribution in [2.75, 3.05) is 38.3 Å². The Balaban J connectivity index is 2.07. The lowest BCUT2D eigenvalue weighted by Crippen LogP contribution is -2.58. The van der Waals surface area contributed by atoms with Gasteiger partial charge in [-0.25, -0.2) is 17.1 Å². The van der Waals surface area contributed by atoms with E-state index in [1.54, 1.807) is 51.4 Å². The van der Waals surface area contributed by atoms with Crippen LogP contribution < -0.4 is 15.4 Å². The number of halogens is 1. The van der Waals surface area contributed by atoms with Gasteiger partial charge in [0, 0.05) is 36.8 Å². The minimum Gasteiger partial charge on any atom is -0.495 e. The number of amides is 1. The number of anilines is 1. The Hall–Kier alpha value is -3.51. The second kappa shape index (κ2) is 11.7. The summed E-state index contributed by atoms with van der Waals surface area (Å²) in [5.74, 6) is -0.192. The summed E-state index contributed by atoms with van der Waals surface area (Å²) in [7, 11) is -0.499. The van der Waals surface area contributed by atoms with Gasteiger partial charge in [-0.2, -0.15) is 0 Å². The van der Waals surface area contributed by atoms with E-state index in [-0.39, 0.29) is 30.4 Å². The van der Waals surface area contributed by atoms with Crippen molar-refractivity contribution >= 4 is 33.8 Å². The summed E-state index contributed by atoms with van der Waals surface area (Å²) in [5, 5.41) is 14.8. The van der Waals surface area contributed by atoms with E-state index in [0.29, 0.717) is 35.7 Å². The molecule has 1 fully saturated rings. The zero-order valence-corrected chi connectivity index (χ0v) is 24.0. The monoisotopic (exact) mass is 560 g/mol. The molecule has 0 saturated carbocycles. The van der Waals surface area contributed by atoms with Gasteiger partial charge >= 0.3 is 0 Å². The molecule has 1 amide bonds. The van der Waals surface area contributed by atoms with Gasteiger partial charge in [0.05, 0.1) is 36.0 Å². The predicted octanol–water partition coefficient (Wildman–Crippen LogP) is 3.59. The molecule has 2 atom stereocenters. The second-order valence-electron chi connectivity index (χ2n) is 9.96. The highest BCUT2D eigenvalue weighted by Crippen LogP contribution is 2.48. The molecule has 3 rings (SSSR count). The Morgan fingerprint density at radius 1 is 1.36 bits per heavy atom. The summed E-state index contributed by atoms with van der Waals surface area (Å²) >= 11 is 0. The first-order chi connectivity index (χ1) is 18.3. The van der Waals surface area contributed by atoms with E-state index >= 15 is 4.39 Å². The van der Waals surface area contributed by atoms with Gasteiger partial charge in [-0.05, 0) is 57.5 Å². The maximum atomic E-state index is 15.7. The molecule has 12 heteroatoms. The molecule has 10 nitrogen and oxygen atoms in total. The van der Waals surface area contributed by atoms with Gasteiger partial charge in [0.25, 0.3) is 0 Å². The molecule has 2 heterocycles. The van der Waals surface area contributed by atoms with E-state index < -0.39 is 26.8 Å². The normalized spacial score (nSPS) is 19.7. The first kappa shape index (κ1) is 30.0. The third kappa shape index (κ3) is 6.06. The summed E-state index contributed by atoms with van der Waals surface area (Å²) in [4.78, 5) is 16.9. The number of ether oxygens (including phenoxy) is 1. The van der Waals surface area contributed by atoms with Crippen LogP contribution in [0, 0.1) is 16.6 Å². The van der Waals surface area contributed by atoms with Gasteiger partial charge in [0.15, 0.2) is 5.96 Å². The van der Waals surface area contributed by atoms with E-state index in [4.69, 9.17) is 10.1 Å². The molecular weight excluding hydrogens is 523 g/mol. The van der Waals surface area contributed by atoms with Crippen LogP contribution in [0.2, 0.25) is 0 Å². The number of benzene rings is 1. The number of methoxy groups -OCH3 is 1. The first-order valence-electron chi connectivity index (χ1n) is 12.6. The average molecular weight is 561 g/mol. The number of allylic oxidation sites excluding steroid dienone is 1. The molecule has 1 aliphatic heterocycles. The number of aromatic nitrogens is 1. The Morgan fingerprint density at radius 3 is 2.64 bits per heavy atom. The second-order valence-corrected chi connectivity index (χ2v) is 12.2. The number of hydrogen-bond acceptors (Lipinski definition) is 7. The number of hydrogen-bond donors (Lipinski definition) is 3. The maximum absolute atomic E-state index is 15.7. The molecule has 3 N–H and O–H groups in total. The lowest BCUT2D eigenvalue weighted by molar-refractivity contribution is -0.114. The standard InChI is InChI=1S/C27H37FN6O4S/c1-7-23(24-12-10-20(38-6)16-30-24)31-19-9-11-22(28)21(15-19)27(4,32-25(29)33(5)18-35)26(3)13-14-34(17-26)39(36,37)8-2/h7,9-12,15-16,18,31H,8,13-14,17H2,1-6H3,(H2,29,32)/t26-,27+/m0/s1. The number of nitrogens with one attached hydrogen (secondary N) is 3. The van der Waals surface area contributed by atoms with E-state index in [9.17, 15) is 13.2 Å². The summed E-state index contributed by atoms with van der Waals surface area (Å²) < 4.78 is 47.6. The zero-order valence-electron chi connectivity index (χ0n) is 23.2. The first-order valence-corrected chi connectivity index (χ1v) is 14.2. The maximum Gasteiger partial charge on any atom is 0.216 e. The molecule has 1 aromatic heterocycles. The van der Waals surface area contributed by atoms with Crippen LogP contribution in [0.5, 0.6) is 5.75 Å².